The van der Waals surface area contributed by atoms with Gasteiger partial charge in [-0.15, -0.1) is 10.2 Å². The lowest BCUT2D eigenvalue weighted by Crippen LogP contribution is -2.26. The van der Waals surface area contributed by atoms with Crippen molar-refractivity contribution in [3.63, 3.8) is 0 Å². The van der Waals surface area contributed by atoms with Gasteiger partial charge in [-0.2, -0.15) is 0 Å². The monoisotopic (exact) mass is 289 g/mol. The largest absolute Gasteiger partial charge is 0.324 e. The summed E-state index contributed by atoms with van der Waals surface area (Å²) < 4.78 is 1.86. The maximum atomic E-state index is 11.3. The second-order valence-electron chi connectivity index (χ2n) is 5.88. The molecule has 2 N–H and O–H groups in total. The second-order valence-corrected chi connectivity index (χ2v) is 5.88. The number of nitro benzene ring substituents is 1. The zero-order chi connectivity index (χ0) is 15.8. The molecule has 0 saturated carbocycles. The van der Waals surface area contributed by atoms with E-state index in [1.165, 1.54) is 6.07 Å². The van der Waals surface area contributed by atoms with Gasteiger partial charge < -0.3 is 10.3 Å². The molecule has 1 aromatic heterocycles. The number of nitrogens with two attached hydrogens (primary N) is 1. The number of benzene rings is 1. The summed E-state index contributed by atoms with van der Waals surface area (Å²) in [5, 5.41) is 19.5. The number of nitrogens with zero attached hydrogens (tertiary/aromatic N) is 4. The Morgan fingerprint density at radius 2 is 2.00 bits per heavy atom. The molecule has 21 heavy (non-hydrogen) atoms. The van der Waals surface area contributed by atoms with Gasteiger partial charge in [0.2, 0.25) is 0 Å². The minimum absolute atomic E-state index is 0.0245. The molecule has 0 unspecified atom stereocenters. The van der Waals surface area contributed by atoms with E-state index in [-0.39, 0.29) is 17.8 Å². The van der Waals surface area contributed by atoms with E-state index >= 15 is 0 Å². The minimum Gasteiger partial charge on any atom is -0.324 e. The van der Waals surface area contributed by atoms with Gasteiger partial charge in [-0.25, -0.2) is 0 Å². The van der Waals surface area contributed by atoms with Crippen molar-refractivity contribution in [2.45, 2.75) is 39.8 Å². The highest BCUT2D eigenvalue weighted by atomic mass is 16.6. The lowest BCUT2D eigenvalue weighted by molar-refractivity contribution is -0.384. The van der Waals surface area contributed by atoms with Crippen molar-refractivity contribution in [1.82, 2.24) is 14.8 Å². The van der Waals surface area contributed by atoms with Crippen LogP contribution in [0, 0.1) is 17.0 Å². The zero-order valence-corrected chi connectivity index (χ0v) is 12.6. The van der Waals surface area contributed by atoms with E-state index in [9.17, 15) is 10.1 Å². The van der Waals surface area contributed by atoms with E-state index in [1.807, 2.05) is 38.3 Å². The average Bonchev–Trinajstić information content (AvgIpc) is 2.81. The highest BCUT2D eigenvalue weighted by Crippen LogP contribution is 2.34. The highest BCUT2D eigenvalue weighted by molar-refractivity contribution is 5.72. The Hall–Kier alpha value is -2.28. The summed E-state index contributed by atoms with van der Waals surface area (Å²) in [6.45, 7) is 8.02. The first-order valence-corrected chi connectivity index (χ1v) is 6.66. The maximum Gasteiger partial charge on any atom is 0.280 e. The van der Waals surface area contributed by atoms with Gasteiger partial charge in [0, 0.05) is 11.6 Å². The molecule has 1 heterocycles. The molecule has 7 heteroatoms. The summed E-state index contributed by atoms with van der Waals surface area (Å²) >= 11 is 0. The Bertz CT molecular complexity index is 685. The Morgan fingerprint density at radius 1 is 1.33 bits per heavy atom. The van der Waals surface area contributed by atoms with E-state index in [1.54, 1.807) is 6.07 Å². The van der Waals surface area contributed by atoms with Crippen molar-refractivity contribution in [1.29, 1.82) is 0 Å². The number of aryl methyl sites for hydroxylation is 1. The number of nitro groups is 1. The molecule has 0 amide bonds. The zero-order valence-electron chi connectivity index (χ0n) is 12.6. The van der Waals surface area contributed by atoms with E-state index in [2.05, 4.69) is 10.2 Å². The second kappa shape index (κ2) is 5.25. The van der Waals surface area contributed by atoms with Crippen LogP contribution in [0.4, 0.5) is 5.69 Å². The molecule has 7 nitrogen and oxygen atoms in total. The summed E-state index contributed by atoms with van der Waals surface area (Å²) in [4.78, 5) is 10.9. The van der Waals surface area contributed by atoms with Crippen LogP contribution >= 0.6 is 0 Å². The first-order chi connectivity index (χ1) is 9.77. The lowest BCUT2D eigenvalue weighted by Gasteiger charge is -2.25. The number of hydrogen-bond acceptors (Lipinski definition) is 5. The van der Waals surface area contributed by atoms with Gasteiger partial charge in [0.25, 0.3) is 5.69 Å². The van der Waals surface area contributed by atoms with Crippen LogP contribution in [0.3, 0.4) is 0 Å². The van der Waals surface area contributed by atoms with Gasteiger partial charge in [0.15, 0.2) is 5.82 Å². The highest BCUT2D eigenvalue weighted by Gasteiger charge is 2.28. The van der Waals surface area contributed by atoms with Gasteiger partial charge in [-0.05, 0) is 33.3 Å². The Labute approximate surface area is 122 Å². The summed E-state index contributed by atoms with van der Waals surface area (Å²) in [5.41, 5.74) is 6.69. The van der Waals surface area contributed by atoms with E-state index < -0.39 is 4.92 Å². The molecule has 0 atom stereocenters. The summed E-state index contributed by atoms with van der Waals surface area (Å²) in [5.74, 6) is 1.09. The molecule has 0 bridgehead atoms. The van der Waals surface area contributed by atoms with E-state index in [0.717, 1.165) is 5.56 Å². The molecule has 0 aliphatic rings. The molecule has 2 rings (SSSR count). The van der Waals surface area contributed by atoms with Crippen molar-refractivity contribution < 1.29 is 4.92 Å². The van der Waals surface area contributed by atoms with Crippen LogP contribution in [0.1, 0.15) is 32.2 Å². The fourth-order valence-corrected chi connectivity index (χ4v) is 2.41. The van der Waals surface area contributed by atoms with Gasteiger partial charge in [0.1, 0.15) is 5.82 Å². The standard InChI is InChI=1S/C14H19N5O2/c1-9-6-5-7-10(19(20)21)12(9)13-17-16-11(8-15)18(13)14(2,3)4/h5-7H,8,15H2,1-4H3. The van der Waals surface area contributed by atoms with Gasteiger partial charge in [0.05, 0.1) is 17.0 Å². The van der Waals surface area contributed by atoms with Crippen LogP contribution in [0.5, 0.6) is 0 Å². The Morgan fingerprint density at radius 3 is 2.52 bits per heavy atom. The molecular weight excluding hydrogens is 270 g/mol. The smallest absolute Gasteiger partial charge is 0.280 e. The number of aromatic nitrogens is 3. The third-order valence-corrected chi connectivity index (χ3v) is 3.25. The van der Waals surface area contributed by atoms with Crippen molar-refractivity contribution >= 4 is 5.69 Å². The number of hydrogen-bond donors (Lipinski definition) is 1. The van der Waals surface area contributed by atoms with Gasteiger partial charge in [-0.1, -0.05) is 12.1 Å². The van der Waals surface area contributed by atoms with Crippen LogP contribution in [-0.4, -0.2) is 19.7 Å². The maximum absolute atomic E-state index is 11.3. The molecule has 2 aromatic rings. The molecular formula is C14H19N5O2. The molecule has 0 aliphatic heterocycles. The van der Waals surface area contributed by atoms with Gasteiger partial charge in [-0.3, -0.25) is 10.1 Å². The molecule has 0 radical (unpaired) electrons. The van der Waals surface area contributed by atoms with Crippen molar-refractivity contribution in [3.8, 4) is 11.4 Å². The summed E-state index contributed by atoms with van der Waals surface area (Å²) in [7, 11) is 0. The SMILES string of the molecule is Cc1cccc([N+](=O)[O-])c1-c1nnc(CN)n1C(C)(C)C. The Kier molecular flexibility index (Phi) is 3.78. The average molecular weight is 289 g/mol. The topological polar surface area (TPSA) is 99.9 Å². The van der Waals surface area contributed by atoms with Crippen LogP contribution in [0.15, 0.2) is 18.2 Å². The third-order valence-electron chi connectivity index (χ3n) is 3.25. The normalized spacial score (nSPS) is 11.7. The van der Waals surface area contributed by atoms with E-state index in [0.29, 0.717) is 17.2 Å². The minimum atomic E-state index is -0.397. The Balaban J connectivity index is 2.80. The van der Waals surface area contributed by atoms with Crippen LogP contribution in [-0.2, 0) is 12.1 Å². The van der Waals surface area contributed by atoms with Gasteiger partial charge >= 0.3 is 0 Å². The third kappa shape index (κ3) is 2.64. The molecule has 1 aromatic carbocycles. The first kappa shape index (κ1) is 15.1. The van der Waals surface area contributed by atoms with Crippen LogP contribution in [0.25, 0.3) is 11.4 Å². The van der Waals surface area contributed by atoms with E-state index in [4.69, 9.17) is 5.73 Å². The number of rotatable bonds is 3. The predicted octanol–water partition coefficient (Wildman–Crippen LogP) is 2.38. The van der Waals surface area contributed by atoms with Crippen molar-refractivity contribution in [2.75, 3.05) is 0 Å². The van der Waals surface area contributed by atoms with Crippen molar-refractivity contribution in [3.05, 3.63) is 39.7 Å². The summed E-state index contributed by atoms with van der Waals surface area (Å²) in [6, 6.07) is 4.97. The fourth-order valence-electron chi connectivity index (χ4n) is 2.41. The van der Waals surface area contributed by atoms with Crippen LogP contribution in [0.2, 0.25) is 0 Å². The van der Waals surface area contributed by atoms with Crippen molar-refractivity contribution in [2.24, 2.45) is 5.73 Å². The molecule has 112 valence electrons. The molecule has 0 aliphatic carbocycles. The summed E-state index contributed by atoms with van der Waals surface area (Å²) in [6.07, 6.45) is 0. The molecule has 0 fully saturated rings. The predicted molar refractivity (Wildman–Crippen MR) is 79.7 cm³/mol. The quantitative estimate of drug-likeness (QED) is 0.690. The first-order valence-electron chi connectivity index (χ1n) is 6.66. The van der Waals surface area contributed by atoms with Crippen LogP contribution < -0.4 is 5.73 Å². The lowest BCUT2D eigenvalue weighted by atomic mass is 10.0. The fraction of sp³-hybridized carbons (Fsp3) is 0.429. The molecule has 0 saturated heterocycles. The molecule has 0 spiro atoms.